The van der Waals surface area contributed by atoms with Crippen molar-refractivity contribution in [2.45, 2.75) is 12.5 Å². The molecule has 1 aliphatic heterocycles. The average molecular weight is 391 g/mol. The van der Waals surface area contributed by atoms with Crippen molar-refractivity contribution in [3.63, 3.8) is 0 Å². The van der Waals surface area contributed by atoms with E-state index in [1.807, 2.05) is 18.2 Å². The van der Waals surface area contributed by atoms with E-state index in [4.69, 9.17) is 4.74 Å². The van der Waals surface area contributed by atoms with E-state index in [0.717, 1.165) is 5.56 Å². The van der Waals surface area contributed by atoms with Crippen molar-refractivity contribution >= 4 is 11.9 Å². The fourth-order valence-corrected chi connectivity index (χ4v) is 3.48. The molecule has 3 rings (SSSR count). The van der Waals surface area contributed by atoms with E-state index in [1.54, 1.807) is 12.1 Å². The number of amides is 1. The molecule has 1 aliphatic rings. The molecule has 28 heavy (non-hydrogen) atoms. The summed E-state index contributed by atoms with van der Waals surface area (Å²) in [6.45, 7) is -3.00. The van der Waals surface area contributed by atoms with Gasteiger partial charge in [0.2, 0.25) is 0 Å². The number of carboxylic acid groups (broad SMARTS) is 1. The van der Waals surface area contributed by atoms with Crippen molar-refractivity contribution in [2.75, 3.05) is 20.2 Å². The van der Waals surface area contributed by atoms with Gasteiger partial charge in [0, 0.05) is 19.0 Å². The Morgan fingerprint density at radius 2 is 1.82 bits per heavy atom. The number of likely N-dealkylation sites (tertiary alicyclic amines) is 1. The van der Waals surface area contributed by atoms with Crippen molar-refractivity contribution < 1.29 is 33.0 Å². The maximum Gasteiger partial charge on any atom is 0.387 e. The van der Waals surface area contributed by atoms with Crippen molar-refractivity contribution in [1.29, 1.82) is 0 Å². The van der Waals surface area contributed by atoms with Crippen LogP contribution in [0.2, 0.25) is 0 Å². The Balaban J connectivity index is 1.92. The van der Waals surface area contributed by atoms with E-state index >= 15 is 0 Å². The summed E-state index contributed by atoms with van der Waals surface area (Å²) in [6.07, 6.45) is 0. The molecule has 2 unspecified atom stereocenters. The van der Waals surface area contributed by atoms with Crippen LogP contribution in [0.15, 0.2) is 48.5 Å². The van der Waals surface area contributed by atoms with Crippen LogP contribution in [-0.4, -0.2) is 48.7 Å². The summed E-state index contributed by atoms with van der Waals surface area (Å²) in [6, 6.07) is 13.3. The first-order chi connectivity index (χ1) is 13.4. The lowest BCUT2D eigenvalue weighted by Gasteiger charge is -2.20. The summed E-state index contributed by atoms with van der Waals surface area (Å²) in [7, 11) is 1.28. The van der Waals surface area contributed by atoms with Gasteiger partial charge in [-0.25, -0.2) is 0 Å². The molecule has 148 valence electrons. The summed E-state index contributed by atoms with van der Waals surface area (Å²) >= 11 is 0. The van der Waals surface area contributed by atoms with Crippen LogP contribution < -0.4 is 9.47 Å². The van der Waals surface area contributed by atoms with Gasteiger partial charge in [-0.05, 0) is 17.7 Å². The van der Waals surface area contributed by atoms with Crippen LogP contribution in [0.3, 0.4) is 0 Å². The van der Waals surface area contributed by atoms with Crippen LogP contribution in [0.4, 0.5) is 8.78 Å². The zero-order valence-corrected chi connectivity index (χ0v) is 15.0. The molecule has 1 heterocycles. The van der Waals surface area contributed by atoms with E-state index in [0.29, 0.717) is 0 Å². The quantitative estimate of drug-likeness (QED) is 0.818. The number of hydrogen-bond donors (Lipinski definition) is 1. The molecular weight excluding hydrogens is 372 g/mol. The minimum Gasteiger partial charge on any atom is -0.493 e. The van der Waals surface area contributed by atoms with Crippen molar-refractivity contribution in [3.8, 4) is 11.5 Å². The topological polar surface area (TPSA) is 76.1 Å². The van der Waals surface area contributed by atoms with Gasteiger partial charge in [-0.3, -0.25) is 9.59 Å². The van der Waals surface area contributed by atoms with E-state index in [1.165, 1.54) is 30.2 Å². The van der Waals surface area contributed by atoms with Crippen molar-refractivity contribution in [3.05, 3.63) is 59.7 Å². The number of rotatable bonds is 6. The number of carbonyl (C=O) groups is 2. The van der Waals surface area contributed by atoms with Gasteiger partial charge in [-0.2, -0.15) is 8.78 Å². The molecule has 0 bridgehead atoms. The Kier molecular flexibility index (Phi) is 5.77. The Labute approximate surface area is 160 Å². The van der Waals surface area contributed by atoms with Crippen LogP contribution in [0, 0.1) is 5.92 Å². The van der Waals surface area contributed by atoms with Gasteiger partial charge in [0.05, 0.1) is 18.6 Å². The lowest BCUT2D eigenvalue weighted by atomic mass is 9.89. The third-order valence-electron chi connectivity index (χ3n) is 4.79. The second kappa shape index (κ2) is 8.24. The number of aliphatic carboxylic acids is 1. The van der Waals surface area contributed by atoms with E-state index in [2.05, 4.69) is 4.74 Å². The highest BCUT2D eigenvalue weighted by atomic mass is 19.3. The number of para-hydroxylation sites is 1. The molecule has 0 spiro atoms. The molecule has 0 aromatic heterocycles. The van der Waals surface area contributed by atoms with Gasteiger partial charge >= 0.3 is 12.6 Å². The Bertz CT molecular complexity index is 859. The molecule has 1 saturated heterocycles. The summed E-state index contributed by atoms with van der Waals surface area (Å²) in [5.74, 6) is -3.15. The van der Waals surface area contributed by atoms with Crippen molar-refractivity contribution in [2.24, 2.45) is 5.92 Å². The second-order valence-corrected chi connectivity index (χ2v) is 6.39. The third kappa shape index (κ3) is 3.90. The van der Waals surface area contributed by atoms with Crippen LogP contribution in [0.25, 0.3) is 0 Å². The molecule has 0 aliphatic carbocycles. The van der Waals surface area contributed by atoms with E-state index < -0.39 is 30.3 Å². The first-order valence-corrected chi connectivity index (χ1v) is 8.61. The lowest BCUT2D eigenvalue weighted by Crippen LogP contribution is -2.30. The van der Waals surface area contributed by atoms with E-state index in [-0.39, 0.29) is 30.2 Å². The minimum absolute atomic E-state index is 0.000240. The number of carbonyl (C=O) groups excluding carboxylic acids is 1. The Hall–Kier alpha value is -3.16. The van der Waals surface area contributed by atoms with Gasteiger partial charge in [0.15, 0.2) is 11.5 Å². The molecule has 6 nitrogen and oxygen atoms in total. The van der Waals surface area contributed by atoms with Crippen LogP contribution in [-0.2, 0) is 4.79 Å². The first-order valence-electron chi connectivity index (χ1n) is 8.61. The predicted octanol–water partition coefficient (Wildman–Crippen LogP) is 3.24. The van der Waals surface area contributed by atoms with Crippen LogP contribution in [0.5, 0.6) is 11.5 Å². The zero-order valence-electron chi connectivity index (χ0n) is 15.0. The number of benzene rings is 2. The maximum atomic E-state index is 13.0. The second-order valence-electron chi connectivity index (χ2n) is 6.39. The predicted molar refractivity (Wildman–Crippen MR) is 95.8 cm³/mol. The zero-order chi connectivity index (χ0) is 20.3. The molecule has 1 amide bonds. The SMILES string of the molecule is COc1cccc(C(=O)N2CC(C(=O)O)C(c3ccccc3)C2)c1OC(F)F. The highest BCUT2D eigenvalue weighted by Crippen LogP contribution is 2.37. The maximum absolute atomic E-state index is 13.0. The van der Waals surface area contributed by atoms with Gasteiger partial charge in [0.25, 0.3) is 5.91 Å². The number of nitrogens with zero attached hydrogens (tertiary/aromatic N) is 1. The molecule has 8 heteroatoms. The minimum atomic E-state index is -3.13. The number of halogens is 2. The fraction of sp³-hybridized carbons (Fsp3) is 0.300. The Morgan fingerprint density at radius 3 is 2.43 bits per heavy atom. The van der Waals surface area contributed by atoms with Gasteiger partial charge in [0.1, 0.15) is 0 Å². The molecule has 0 saturated carbocycles. The van der Waals surface area contributed by atoms with Gasteiger partial charge in [-0.15, -0.1) is 0 Å². The summed E-state index contributed by atoms with van der Waals surface area (Å²) < 4.78 is 35.2. The Morgan fingerprint density at radius 1 is 1.11 bits per heavy atom. The summed E-state index contributed by atoms with van der Waals surface area (Å²) in [5, 5.41) is 9.59. The third-order valence-corrected chi connectivity index (χ3v) is 4.79. The monoisotopic (exact) mass is 391 g/mol. The first kappa shape index (κ1) is 19.6. The number of ether oxygens (including phenoxy) is 2. The van der Waals surface area contributed by atoms with Crippen LogP contribution >= 0.6 is 0 Å². The molecule has 0 radical (unpaired) electrons. The largest absolute Gasteiger partial charge is 0.493 e. The van der Waals surface area contributed by atoms with E-state index in [9.17, 15) is 23.5 Å². The number of methoxy groups -OCH3 is 1. The number of carboxylic acids is 1. The smallest absolute Gasteiger partial charge is 0.387 e. The molecule has 2 aromatic rings. The normalized spacial score (nSPS) is 18.9. The average Bonchev–Trinajstić information content (AvgIpc) is 3.14. The van der Waals surface area contributed by atoms with Crippen LogP contribution in [0.1, 0.15) is 21.8 Å². The van der Waals surface area contributed by atoms with Gasteiger partial charge in [-0.1, -0.05) is 36.4 Å². The molecule has 2 atom stereocenters. The molecule has 1 N–H and O–H groups in total. The molecular formula is C20H19F2NO5. The number of alkyl halides is 2. The van der Waals surface area contributed by atoms with Crippen molar-refractivity contribution in [1.82, 2.24) is 4.90 Å². The summed E-state index contributed by atoms with van der Waals surface area (Å²) in [5.41, 5.74) is 0.706. The highest BCUT2D eigenvalue weighted by molar-refractivity contribution is 5.98. The lowest BCUT2D eigenvalue weighted by molar-refractivity contribution is -0.141. The fourth-order valence-electron chi connectivity index (χ4n) is 3.48. The number of hydrogen-bond acceptors (Lipinski definition) is 4. The molecule has 2 aromatic carbocycles. The van der Waals surface area contributed by atoms with Gasteiger partial charge < -0.3 is 19.5 Å². The standard InChI is InChI=1S/C20H19F2NO5/c1-27-16-9-5-8-13(17(16)28-20(21)22)18(24)23-10-14(15(11-23)19(25)26)12-6-3-2-4-7-12/h2-9,14-15,20H,10-11H2,1H3,(H,25,26). The summed E-state index contributed by atoms with van der Waals surface area (Å²) in [4.78, 5) is 26.1. The highest BCUT2D eigenvalue weighted by Gasteiger charge is 2.41. The molecule has 1 fully saturated rings.